The van der Waals surface area contributed by atoms with Crippen LogP contribution in [0.15, 0.2) is 24.5 Å². The first-order valence-corrected chi connectivity index (χ1v) is 6.59. The van der Waals surface area contributed by atoms with Crippen LogP contribution in [0.1, 0.15) is 30.8 Å². The summed E-state index contributed by atoms with van der Waals surface area (Å²) in [5.74, 6) is 0.349. The molecular formula is C14H19FN4O. The highest BCUT2D eigenvalue weighted by atomic mass is 19.1. The highest BCUT2D eigenvalue weighted by Gasteiger charge is 2.23. The van der Waals surface area contributed by atoms with Crippen molar-refractivity contribution in [1.29, 1.82) is 0 Å². The van der Waals surface area contributed by atoms with Crippen molar-refractivity contribution in [3.8, 4) is 5.75 Å². The molecule has 0 bridgehead atoms. The lowest BCUT2D eigenvalue weighted by molar-refractivity contribution is 0.399. The van der Waals surface area contributed by atoms with E-state index in [0.29, 0.717) is 5.75 Å². The maximum absolute atomic E-state index is 13.0. The molecule has 0 aromatic carbocycles. The zero-order valence-corrected chi connectivity index (χ0v) is 11.9. The highest BCUT2D eigenvalue weighted by Crippen LogP contribution is 2.29. The summed E-state index contributed by atoms with van der Waals surface area (Å²) in [6.07, 6.45) is 3.87. The number of nitrogens with one attached hydrogen (secondary N) is 1. The summed E-state index contributed by atoms with van der Waals surface area (Å²) in [5, 5.41) is 7.53. The Labute approximate surface area is 117 Å². The van der Waals surface area contributed by atoms with Gasteiger partial charge in [0.1, 0.15) is 11.5 Å². The number of aromatic nitrogens is 3. The number of methoxy groups -OCH3 is 1. The monoisotopic (exact) mass is 278 g/mol. The molecule has 1 unspecified atom stereocenters. The van der Waals surface area contributed by atoms with E-state index in [9.17, 15) is 4.39 Å². The molecule has 2 rings (SSSR count). The van der Waals surface area contributed by atoms with Gasteiger partial charge in [0.2, 0.25) is 0 Å². The Morgan fingerprint density at radius 2 is 2.20 bits per heavy atom. The minimum Gasteiger partial charge on any atom is -0.493 e. The predicted octanol–water partition coefficient (Wildman–Crippen LogP) is 2.14. The van der Waals surface area contributed by atoms with E-state index >= 15 is 0 Å². The van der Waals surface area contributed by atoms with Gasteiger partial charge in [-0.3, -0.25) is 9.67 Å². The van der Waals surface area contributed by atoms with E-state index in [1.165, 1.54) is 12.3 Å². The average molecular weight is 278 g/mol. The zero-order chi connectivity index (χ0) is 14.5. The van der Waals surface area contributed by atoms with Gasteiger partial charge < -0.3 is 10.1 Å². The summed E-state index contributed by atoms with van der Waals surface area (Å²) in [7, 11) is 3.44. The molecule has 0 saturated carbocycles. The fraction of sp³-hybridized carbons (Fsp3) is 0.429. The Balaban J connectivity index is 2.44. The summed E-state index contributed by atoms with van der Waals surface area (Å²) in [5.41, 5.74) is 1.63. The van der Waals surface area contributed by atoms with Crippen LogP contribution >= 0.6 is 0 Å². The van der Waals surface area contributed by atoms with Crippen molar-refractivity contribution in [2.75, 3.05) is 14.2 Å². The van der Waals surface area contributed by atoms with Crippen LogP contribution in [0.4, 0.5) is 4.39 Å². The molecule has 0 aliphatic heterocycles. The van der Waals surface area contributed by atoms with Crippen LogP contribution in [0, 0.1) is 5.82 Å². The quantitative estimate of drug-likeness (QED) is 0.879. The van der Waals surface area contributed by atoms with Gasteiger partial charge in [0.05, 0.1) is 31.2 Å². The van der Waals surface area contributed by atoms with Gasteiger partial charge in [-0.15, -0.1) is 0 Å². The summed E-state index contributed by atoms with van der Waals surface area (Å²) in [6.45, 7) is 2.88. The number of ether oxygens (including phenoxy) is 1. The lowest BCUT2D eigenvalue weighted by Gasteiger charge is -2.18. The zero-order valence-electron chi connectivity index (χ0n) is 11.9. The maximum Gasteiger partial charge on any atom is 0.161 e. The van der Waals surface area contributed by atoms with Crippen molar-refractivity contribution in [3.05, 3.63) is 41.7 Å². The van der Waals surface area contributed by atoms with E-state index in [4.69, 9.17) is 4.74 Å². The Morgan fingerprint density at radius 1 is 1.40 bits per heavy atom. The third-order valence-electron chi connectivity index (χ3n) is 3.11. The lowest BCUT2D eigenvalue weighted by Crippen LogP contribution is -2.23. The largest absolute Gasteiger partial charge is 0.493 e. The second-order valence-electron chi connectivity index (χ2n) is 4.44. The molecule has 2 aromatic heterocycles. The van der Waals surface area contributed by atoms with Crippen molar-refractivity contribution in [3.63, 3.8) is 0 Å². The summed E-state index contributed by atoms with van der Waals surface area (Å²) in [4.78, 5) is 4.15. The molecule has 6 heteroatoms. The number of halogens is 1. The lowest BCUT2D eigenvalue weighted by atomic mass is 10.1. The van der Waals surface area contributed by atoms with Crippen LogP contribution in [0.5, 0.6) is 5.75 Å². The van der Waals surface area contributed by atoms with Crippen molar-refractivity contribution in [2.24, 2.45) is 0 Å². The van der Waals surface area contributed by atoms with Gasteiger partial charge in [-0.1, -0.05) is 6.92 Å². The molecule has 1 atom stereocenters. The van der Waals surface area contributed by atoms with Crippen molar-refractivity contribution in [2.45, 2.75) is 25.9 Å². The first-order valence-electron chi connectivity index (χ1n) is 6.59. The van der Waals surface area contributed by atoms with Gasteiger partial charge in [-0.25, -0.2) is 4.39 Å². The molecule has 0 saturated heterocycles. The SMILES string of the molecule is CCCn1ncc(OC)c1C(NC)c1ccc(F)cn1. The molecule has 2 heterocycles. The second kappa shape index (κ2) is 6.47. The Bertz CT molecular complexity index is 553. The van der Waals surface area contributed by atoms with E-state index in [-0.39, 0.29) is 11.9 Å². The molecule has 5 nitrogen and oxygen atoms in total. The van der Waals surface area contributed by atoms with Crippen LogP contribution in [-0.4, -0.2) is 28.9 Å². The average Bonchev–Trinajstić information content (AvgIpc) is 2.85. The minimum absolute atomic E-state index is 0.195. The smallest absolute Gasteiger partial charge is 0.161 e. The number of hydrogen-bond acceptors (Lipinski definition) is 4. The molecule has 0 fully saturated rings. The molecule has 2 aromatic rings. The Morgan fingerprint density at radius 3 is 2.75 bits per heavy atom. The number of pyridine rings is 1. The molecule has 1 N–H and O–H groups in total. The van der Waals surface area contributed by atoms with Crippen molar-refractivity contribution >= 4 is 0 Å². The van der Waals surface area contributed by atoms with Gasteiger partial charge in [0.25, 0.3) is 0 Å². The fourth-order valence-corrected chi connectivity index (χ4v) is 2.20. The normalized spacial score (nSPS) is 12.4. The first-order chi connectivity index (χ1) is 9.71. The fourth-order valence-electron chi connectivity index (χ4n) is 2.20. The summed E-state index contributed by atoms with van der Waals surface area (Å²) >= 11 is 0. The molecule has 20 heavy (non-hydrogen) atoms. The molecule has 0 spiro atoms. The molecule has 0 amide bonds. The molecule has 0 radical (unpaired) electrons. The topological polar surface area (TPSA) is 52.0 Å². The van der Waals surface area contributed by atoms with Gasteiger partial charge in [0.15, 0.2) is 5.75 Å². The number of rotatable bonds is 6. The first kappa shape index (κ1) is 14.5. The third-order valence-corrected chi connectivity index (χ3v) is 3.11. The van der Waals surface area contributed by atoms with Crippen LogP contribution in [0.25, 0.3) is 0 Å². The number of nitrogens with zero attached hydrogens (tertiary/aromatic N) is 3. The van der Waals surface area contributed by atoms with E-state index in [1.807, 2.05) is 11.7 Å². The molecular weight excluding hydrogens is 259 g/mol. The third kappa shape index (κ3) is 2.80. The van der Waals surface area contributed by atoms with Crippen LogP contribution < -0.4 is 10.1 Å². The number of hydrogen-bond donors (Lipinski definition) is 1. The van der Waals surface area contributed by atoms with Gasteiger partial charge in [0, 0.05) is 6.54 Å². The Hall–Kier alpha value is -1.95. The number of aryl methyl sites for hydroxylation is 1. The van der Waals surface area contributed by atoms with E-state index in [0.717, 1.165) is 24.4 Å². The van der Waals surface area contributed by atoms with Gasteiger partial charge >= 0.3 is 0 Å². The van der Waals surface area contributed by atoms with E-state index in [1.54, 1.807) is 19.4 Å². The predicted molar refractivity (Wildman–Crippen MR) is 74.2 cm³/mol. The van der Waals surface area contributed by atoms with Crippen molar-refractivity contribution < 1.29 is 9.13 Å². The van der Waals surface area contributed by atoms with E-state index in [2.05, 4.69) is 22.3 Å². The molecule has 0 aliphatic carbocycles. The molecule has 0 aliphatic rings. The highest BCUT2D eigenvalue weighted by molar-refractivity contribution is 5.34. The summed E-state index contributed by atoms with van der Waals surface area (Å²) < 4.78 is 20.3. The minimum atomic E-state index is -0.349. The Kier molecular flexibility index (Phi) is 4.68. The van der Waals surface area contributed by atoms with Crippen LogP contribution in [0.3, 0.4) is 0 Å². The molecule has 108 valence electrons. The van der Waals surface area contributed by atoms with Crippen molar-refractivity contribution in [1.82, 2.24) is 20.1 Å². The summed E-state index contributed by atoms with van der Waals surface area (Å²) in [6, 6.07) is 2.87. The standard InChI is InChI=1S/C14H19FN4O/c1-4-7-19-14(12(20-3)9-18-19)13(16-2)11-6-5-10(15)8-17-11/h5-6,8-9,13,16H,4,7H2,1-3H3. The van der Waals surface area contributed by atoms with E-state index < -0.39 is 0 Å². The van der Waals surface area contributed by atoms with Crippen LogP contribution in [-0.2, 0) is 6.54 Å². The van der Waals surface area contributed by atoms with Gasteiger partial charge in [-0.05, 0) is 25.6 Å². The maximum atomic E-state index is 13.0. The second-order valence-corrected chi connectivity index (χ2v) is 4.44. The van der Waals surface area contributed by atoms with Crippen LogP contribution in [0.2, 0.25) is 0 Å². The van der Waals surface area contributed by atoms with Gasteiger partial charge in [-0.2, -0.15) is 5.10 Å².